The lowest BCUT2D eigenvalue weighted by atomic mass is 10.3. The SMILES string of the molecule is Cl.Cl.Cl.NCCc1cn(CCNC(=O)CCSSc2ccccn2)cn1. The van der Waals surface area contributed by atoms with Gasteiger partial charge in [0.25, 0.3) is 0 Å². The van der Waals surface area contributed by atoms with E-state index in [-0.39, 0.29) is 43.1 Å². The minimum absolute atomic E-state index is 0. The van der Waals surface area contributed by atoms with Crippen molar-refractivity contribution in [1.29, 1.82) is 0 Å². The molecule has 0 aliphatic carbocycles. The van der Waals surface area contributed by atoms with Gasteiger partial charge in [-0.15, -0.1) is 37.2 Å². The normalized spacial score (nSPS) is 9.42. The number of carbonyl (C=O) groups is 1. The zero-order chi connectivity index (χ0) is 16.3. The molecule has 0 aliphatic heterocycles. The van der Waals surface area contributed by atoms with Gasteiger partial charge in [0.05, 0.1) is 12.0 Å². The van der Waals surface area contributed by atoms with E-state index >= 15 is 0 Å². The average Bonchev–Trinajstić information content (AvgIpc) is 3.00. The molecule has 0 fully saturated rings. The molecule has 2 rings (SSSR count). The lowest BCUT2D eigenvalue weighted by Gasteiger charge is -2.05. The van der Waals surface area contributed by atoms with Gasteiger partial charge in [-0.2, -0.15) is 0 Å². The van der Waals surface area contributed by atoms with Crippen LogP contribution in [0.2, 0.25) is 0 Å². The van der Waals surface area contributed by atoms with E-state index in [9.17, 15) is 4.79 Å². The van der Waals surface area contributed by atoms with Crippen LogP contribution in [0.1, 0.15) is 12.1 Å². The number of hydrogen-bond donors (Lipinski definition) is 2. The van der Waals surface area contributed by atoms with Gasteiger partial charge in [0.1, 0.15) is 5.03 Å². The van der Waals surface area contributed by atoms with Crippen LogP contribution in [-0.4, -0.2) is 39.3 Å². The van der Waals surface area contributed by atoms with Crippen LogP contribution in [-0.2, 0) is 17.8 Å². The van der Waals surface area contributed by atoms with Crippen LogP contribution in [0, 0.1) is 0 Å². The zero-order valence-electron chi connectivity index (χ0n) is 14.1. The number of nitrogens with zero attached hydrogens (tertiary/aromatic N) is 3. The molecule has 0 bridgehead atoms. The number of nitrogens with one attached hydrogen (secondary N) is 1. The first-order chi connectivity index (χ1) is 11.3. The summed E-state index contributed by atoms with van der Waals surface area (Å²) >= 11 is 0. The van der Waals surface area contributed by atoms with Crippen molar-refractivity contribution in [3.05, 3.63) is 42.6 Å². The highest BCUT2D eigenvalue weighted by Crippen LogP contribution is 2.29. The van der Waals surface area contributed by atoms with Crippen LogP contribution in [0.15, 0.2) is 41.9 Å². The number of pyridine rings is 1. The van der Waals surface area contributed by atoms with Gasteiger partial charge in [-0.3, -0.25) is 4.79 Å². The summed E-state index contributed by atoms with van der Waals surface area (Å²) in [4.78, 5) is 20.2. The van der Waals surface area contributed by atoms with Crippen molar-refractivity contribution < 1.29 is 4.79 Å². The Morgan fingerprint density at radius 2 is 2.04 bits per heavy atom. The van der Waals surface area contributed by atoms with E-state index in [2.05, 4.69) is 15.3 Å². The predicted octanol–water partition coefficient (Wildman–Crippen LogP) is 2.99. The number of hydrogen-bond acceptors (Lipinski definition) is 6. The summed E-state index contributed by atoms with van der Waals surface area (Å²) in [5, 5.41) is 3.88. The monoisotopic (exact) mass is 459 g/mol. The molecule has 0 spiro atoms. The molecule has 0 radical (unpaired) electrons. The second-order valence-electron chi connectivity index (χ2n) is 4.81. The third kappa shape index (κ3) is 11.2. The van der Waals surface area contributed by atoms with E-state index in [1.807, 2.05) is 29.0 Å². The first-order valence-electron chi connectivity index (χ1n) is 7.46. The molecular formula is C15H24Cl3N5OS2. The quantitative estimate of drug-likeness (QED) is 0.419. The number of carbonyl (C=O) groups excluding carboxylic acids is 1. The van der Waals surface area contributed by atoms with Crippen molar-refractivity contribution >= 4 is 64.7 Å². The van der Waals surface area contributed by atoms with Crippen molar-refractivity contribution in [1.82, 2.24) is 19.9 Å². The van der Waals surface area contributed by atoms with Crippen LogP contribution < -0.4 is 11.1 Å². The van der Waals surface area contributed by atoms with E-state index < -0.39 is 0 Å². The van der Waals surface area contributed by atoms with Gasteiger partial charge in [-0.25, -0.2) is 9.97 Å². The molecule has 3 N–H and O–H groups in total. The average molecular weight is 461 g/mol. The van der Waals surface area contributed by atoms with Crippen LogP contribution in [0.4, 0.5) is 0 Å². The second-order valence-corrected chi connectivity index (χ2v) is 7.25. The van der Waals surface area contributed by atoms with E-state index in [0.29, 0.717) is 19.5 Å². The van der Waals surface area contributed by atoms with E-state index in [1.165, 1.54) is 0 Å². The topological polar surface area (TPSA) is 85.8 Å². The van der Waals surface area contributed by atoms with Crippen LogP contribution in [0.3, 0.4) is 0 Å². The molecule has 0 aliphatic rings. The van der Waals surface area contributed by atoms with Gasteiger partial charge in [-0.1, -0.05) is 16.9 Å². The number of amides is 1. The number of nitrogens with two attached hydrogens (primary N) is 1. The van der Waals surface area contributed by atoms with Crippen molar-refractivity contribution in [3.8, 4) is 0 Å². The fraction of sp³-hybridized carbons (Fsp3) is 0.400. The van der Waals surface area contributed by atoms with E-state index in [0.717, 1.165) is 29.4 Å². The van der Waals surface area contributed by atoms with Gasteiger partial charge in [0, 0.05) is 44.1 Å². The lowest BCUT2D eigenvalue weighted by Crippen LogP contribution is -2.27. The van der Waals surface area contributed by atoms with Gasteiger partial charge >= 0.3 is 0 Å². The molecule has 2 aromatic rings. The molecule has 0 saturated carbocycles. The number of imidazole rings is 1. The maximum absolute atomic E-state index is 11.8. The largest absolute Gasteiger partial charge is 0.354 e. The molecule has 2 aromatic heterocycles. The van der Waals surface area contributed by atoms with Gasteiger partial charge in [-0.05, 0) is 29.5 Å². The molecule has 2 heterocycles. The summed E-state index contributed by atoms with van der Waals surface area (Å²) in [6, 6.07) is 5.81. The van der Waals surface area contributed by atoms with Gasteiger partial charge in [0.2, 0.25) is 5.91 Å². The highest BCUT2D eigenvalue weighted by atomic mass is 35.5. The molecule has 0 unspecified atom stereocenters. The van der Waals surface area contributed by atoms with Gasteiger partial charge in [0.15, 0.2) is 0 Å². The minimum Gasteiger partial charge on any atom is -0.354 e. The maximum atomic E-state index is 11.8. The Morgan fingerprint density at radius 3 is 2.73 bits per heavy atom. The predicted molar refractivity (Wildman–Crippen MR) is 117 cm³/mol. The summed E-state index contributed by atoms with van der Waals surface area (Å²) in [5.74, 6) is 0.833. The zero-order valence-corrected chi connectivity index (χ0v) is 18.2. The molecule has 148 valence electrons. The van der Waals surface area contributed by atoms with Crippen LogP contribution >= 0.6 is 58.8 Å². The first-order valence-corrected chi connectivity index (χ1v) is 9.78. The third-order valence-electron chi connectivity index (χ3n) is 2.97. The number of halogens is 3. The Morgan fingerprint density at radius 1 is 1.23 bits per heavy atom. The minimum atomic E-state index is 0. The van der Waals surface area contributed by atoms with E-state index in [4.69, 9.17) is 5.73 Å². The standard InChI is InChI=1S/C15H21N5OS2.3ClH/c16-6-4-13-11-20(12-19-13)9-8-17-14(21)5-10-22-23-15-3-1-2-7-18-15;;;/h1-3,7,11-12H,4-6,8-10,16H2,(H,17,21);3*1H. The Balaban J connectivity index is 0. The van der Waals surface area contributed by atoms with Crippen molar-refractivity contribution in [3.63, 3.8) is 0 Å². The first kappa shape index (κ1) is 27.6. The molecule has 6 nitrogen and oxygen atoms in total. The van der Waals surface area contributed by atoms with Crippen LogP contribution in [0.25, 0.3) is 0 Å². The Hall–Kier alpha value is -0.640. The summed E-state index contributed by atoms with van der Waals surface area (Å²) in [5.41, 5.74) is 6.48. The Kier molecular flexibility index (Phi) is 17.5. The lowest BCUT2D eigenvalue weighted by molar-refractivity contribution is -0.120. The number of aromatic nitrogens is 3. The maximum Gasteiger partial charge on any atom is 0.220 e. The fourth-order valence-electron chi connectivity index (χ4n) is 1.85. The highest BCUT2D eigenvalue weighted by molar-refractivity contribution is 8.76. The molecule has 26 heavy (non-hydrogen) atoms. The van der Waals surface area contributed by atoms with Gasteiger partial charge < -0.3 is 15.6 Å². The van der Waals surface area contributed by atoms with Crippen LogP contribution in [0.5, 0.6) is 0 Å². The summed E-state index contributed by atoms with van der Waals surface area (Å²) in [7, 11) is 3.23. The van der Waals surface area contributed by atoms with Crippen molar-refractivity contribution in [2.45, 2.75) is 24.4 Å². The van der Waals surface area contributed by atoms with E-state index in [1.54, 1.807) is 34.1 Å². The van der Waals surface area contributed by atoms with Crippen molar-refractivity contribution in [2.75, 3.05) is 18.8 Å². The summed E-state index contributed by atoms with van der Waals surface area (Å²) < 4.78 is 1.97. The molecule has 1 amide bonds. The Labute approximate surface area is 180 Å². The molecule has 0 saturated heterocycles. The molecule has 0 aromatic carbocycles. The molecule has 11 heteroatoms. The summed E-state index contributed by atoms with van der Waals surface area (Å²) in [6.45, 7) is 1.93. The van der Waals surface area contributed by atoms with Crippen molar-refractivity contribution in [2.24, 2.45) is 5.73 Å². The summed E-state index contributed by atoms with van der Waals surface area (Å²) in [6.07, 6.45) is 6.80. The second kappa shape index (κ2) is 16.5. The fourth-order valence-corrected chi connectivity index (χ4v) is 3.72. The Bertz CT molecular complexity index is 604. The highest BCUT2D eigenvalue weighted by Gasteiger charge is 2.03. The number of rotatable bonds is 10. The third-order valence-corrected chi connectivity index (χ3v) is 5.24. The molecular weight excluding hydrogens is 437 g/mol. The molecule has 0 atom stereocenters. The smallest absolute Gasteiger partial charge is 0.220 e.